The van der Waals surface area contributed by atoms with Crippen LogP contribution in [0, 0.1) is 15.9 Å². The fraction of sp³-hybridized carbons (Fsp3) is 0.0345. The zero-order valence-corrected chi connectivity index (χ0v) is 20.8. The van der Waals surface area contributed by atoms with Gasteiger partial charge in [-0.3, -0.25) is 19.7 Å². The molecule has 0 aromatic heterocycles. The summed E-state index contributed by atoms with van der Waals surface area (Å²) in [5.74, 6) is -0.922. The highest BCUT2D eigenvalue weighted by molar-refractivity contribution is 7.98. The van der Waals surface area contributed by atoms with Crippen molar-refractivity contribution in [1.29, 1.82) is 0 Å². The van der Waals surface area contributed by atoms with Gasteiger partial charge in [-0.05, 0) is 65.7 Å². The number of benzene rings is 4. The van der Waals surface area contributed by atoms with Crippen molar-refractivity contribution in [2.75, 3.05) is 5.32 Å². The zero-order chi connectivity index (χ0) is 26.9. The SMILES string of the molecule is O=C(Nc1cccc(SCc2ccccc2F)c1)/C(=C\c1ccc([N+](=O)[O-])cc1)NC(=O)c1ccccc1. The second-order valence-corrected chi connectivity index (χ2v) is 9.14. The molecule has 0 heterocycles. The van der Waals surface area contributed by atoms with Gasteiger partial charge in [0.2, 0.25) is 0 Å². The van der Waals surface area contributed by atoms with Gasteiger partial charge in [0.25, 0.3) is 17.5 Å². The van der Waals surface area contributed by atoms with Crippen molar-refractivity contribution >= 4 is 41.0 Å². The number of halogens is 1. The molecule has 0 fully saturated rings. The number of thioether (sulfide) groups is 1. The van der Waals surface area contributed by atoms with E-state index in [-0.39, 0.29) is 17.2 Å². The lowest BCUT2D eigenvalue weighted by Crippen LogP contribution is -2.30. The Morgan fingerprint density at radius 3 is 2.32 bits per heavy atom. The highest BCUT2D eigenvalue weighted by atomic mass is 32.2. The molecule has 0 bridgehead atoms. The van der Waals surface area contributed by atoms with Crippen LogP contribution in [0.15, 0.2) is 114 Å². The highest BCUT2D eigenvalue weighted by Gasteiger charge is 2.16. The number of nitrogens with one attached hydrogen (secondary N) is 2. The van der Waals surface area contributed by atoms with Crippen molar-refractivity contribution in [2.24, 2.45) is 0 Å². The first-order valence-corrected chi connectivity index (χ1v) is 12.5. The third-order valence-corrected chi connectivity index (χ3v) is 6.43. The summed E-state index contributed by atoms with van der Waals surface area (Å²) in [5.41, 5.74) is 1.77. The van der Waals surface area contributed by atoms with E-state index in [4.69, 9.17) is 0 Å². The van der Waals surface area contributed by atoms with Crippen molar-refractivity contribution in [3.63, 3.8) is 0 Å². The Morgan fingerprint density at radius 1 is 0.895 bits per heavy atom. The van der Waals surface area contributed by atoms with E-state index >= 15 is 0 Å². The summed E-state index contributed by atoms with van der Waals surface area (Å²) in [5, 5.41) is 16.4. The first-order chi connectivity index (χ1) is 18.4. The molecule has 4 aromatic carbocycles. The second kappa shape index (κ2) is 12.5. The summed E-state index contributed by atoms with van der Waals surface area (Å²) in [4.78, 5) is 37.3. The maximum Gasteiger partial charge on any atom is 0.272 e. The molecule has 0 unspecified atom stereocenters. The molecule has 0 spiro atoms. The average molecular weight is 528 g/mol. The van der Waals surface area contributed by atoms with Gasteiger partial charge in [-0.15, -0.1) is 11.8 Å². The number of non-ortho nitro benzene ring substituents is 1. The van der Waals surface area contributed by atoms with Crippen LogP contribution in [0.3, 0.4) is 0 Å². The second-order valence-electron chi connectivity index (χ2n) is 8.09. The monoisotopic (exact) mass is 527 g/mol. The lowest BCUT2D eigenvalue weighted by molar-refractivity contribution is -0.384. The summed E-state index contributed by atoms with van der Waals surface area (Å²) >= 11 is 1.42. The molecule has 190 valence electrons. The van der Waals surface area contributed by atoms with E-state index < -0.39 is 16.7 Å². The molecule has 0 aliphatic rings. The quantitative estimate of drug-likeness (QED) is 0.113. The van der Waals surface area contributed by atoms with Crippen molar-refractivity contribution < 1.29 is 18.9 Å². The summed E-state index contributed by atoms with van der Waals surface area (Å²) < 4.78 is 14.0. The summed E-state index contributed by atoms with van der Waals surface area (Å²) in [7, 11) is 0. The molecule has 0 aliphatic heterocycles. The van der Waals surface area contributed by atoms with Crippen LogP contribution in [0.5, 0.6) is 0 Å². The topological polar surface area (TPSA) is 101 Å². The van der Waals surface area contributed by atoms with E-state index in [0.29, 0.717) is 28.1 Å². The van der Waals surface area contributed by atoms with Crippen molar-refractivity contribution in [2.45, 2.75) is 10.6 Å². The van der Waals surface area contributed by atoms with E-state index in [9.17, 15) is 24.1 Å². The number of carbonyl (C=O) groups excluding carboxylic acids is 2. The molecule has 4 rings (SSSR count). The average Bonchev–Trinajstić information content (AvgIpc) is 2.93. The van der Waals surface area contributed by atoms with Gasteiger partial charge in [0, 0.05) is 34.0 Å². The number of anilines is 1. The Kier molecular flexibility index (Phi) is 8.63. The number of rotatable bonds is 9. The van der Waals surface area contributed by atoms with Crippen LogP contribution in [-0.4, -0.2) is 16.7 Å². The van der Waals surface area contributed by atoms with Gasteiger partial charge in [0.15, 0.2) is 0 Å². The van der Waals surface area contributed by atoms with Gasteiger partial charge >= 0.3 is 0 Å². The van der Waals surface area contributed by atoms with Crippen LogP contribution < -0.4 is 10.6 Å². The molecule has 2 N–H and O–H groups in total. The number of nitro benzene ring substituents is 1. The first kappa shape index (κ1) is 26.3. The van der Waals surface area contributed by atoms with Crippen LogP contribution in [0.4, 0.5) is 15.8 Å². The predicted octanol–water partition coefficient (Wildman–Crippen LogP) is 6.44. The van der Waals surface area contributed by atoms with Crippen molar-refractivity contribution in [3.05, 3.63) is 141 Å². The Labute approximate surface area is 222 Å². The number of nitro groups is 1. The van der Waals surface area contributed by atoms with Gasteiger partial charge in [0.1, 0.15) is 11.5 Å². The van der Waals surface area contributed by atoms with Crippen LogP contribution in [-0.2, 0) is 10.5 Å². The third kappa shape index (κ3) is 7.14. The maximum atomic E-state index is 14.0. The molecule has 0 atom stereocenters. The molecule has 4 aromatic rings. The number of amides is 2. The Bertz CT molecular complexity index is 1490. The van der Waals surface area contributed by atoms with Crippen LogP contribution in [0.1, 0.15) is 21.5 Å². The van der Waals surface area contributed by atoms with E-state index in [0.717, 1.165) is 4.90 Å². The van der Waals surface area contributed by atoms with Crippen LogP contribution in [0.2, 0.25) is 0 Å². The summed E-state index contributed by atoms with van der Waals surface area (Å²) in [6, 6.07) is 27.6. The Hall–Kier alpha value is -4.76. The van der Waals surface area contributed by atoms with Crippen molar-refractivity contribution in [3.8, 4) is 0 Å². The third-order valence-electron chi connectivity index (χ3n) is 5.39. The number of nitrogens with zero attached hydrogens (tertiary/aromatic N) is 1. The minimum atomic E-state index is -0.580. The van der Waals surface area contributed by atoms with E-state index in [2.05, 4.69) is 10.6 Å². The van der Waals surface area contributed by atoms with E-state index in [1.165, 1.54) is 48.2 Å². The fourth-order valence-corrected chi connectivity index (χ4v) is 4.38. The highest BCUT2D eigenvalue weighted by Crippen LogP contribution is 2.26. The number of hydrogen-bond acceptors (Lipinski definition) is 5. The van der Waals surface area contributed by atoms with Gasteiger partial charge in [0.05, 0.1) is 4.92 Å². The largest absolute Gasteiger partial charge is 0.321 e. The van der Waals surface area contributed by atoms with Gasteiger partial charge in [-0.1, -0.05) is 42.5 Å². The van der Waals surface area contributed by atoms with Gasteiger partial charge < -0.3 is 10.6 Å². The fourth-order valence-electron chi connectivity index (χ4n) is 3.44. The molecule has 2 amide bonds. The Morgan fingerprint density at radius 2 is 1.61 bits per heavy atom. The van der Waals surface area contributed by atoms with E-state index in [1.807, 2.05) is 6.07 Å². The van der Waals surface area contributed by atoms with Crippen molar-refractivity contribution in [1.82, 2.24) is 5.32 Å². The predicted molar refractivity (Wildman–Crippen MR) is 146 cm³/mol. The molecule has 0 saturated carbocycles. The molecule has 7 nitrogen and oxygen atoms in total. The summed E-state index contributed by atoms with van der Waals surface area (Å²) in [6.45, 7) is 0. The molecule has 0 radical (unpaired) electrons. The first-order valence-electron chi connectivity index (χ1n) is 11.5. The van der Waals surface area contributed by atoms with E-state index in [1.54, 1.807) is 66.7 Å². The number of carbonyl (C=O) groups is 2. The number of hydrogen-bond donors (Lipinski definition) is 2. The molecule has 0 aliphatic carbocycles. The van der Waals surface area contributed by atoms with Gasteiger partial charge in [-0.2, -0.15) is 0 Å². The minimum absolute atomic E-state index is 0.0443. The lowest BCUT2D eigenvalue weighted by Gasteiger charge is -2.12. The standard InChI is InChI=1S/C29H22FN3O4S/c30-26-12-5-4-9-22(26)19-38-25-11-6-10-23(18-25)31-29(35)27(32-28(34)21-7-2-1-3-8-21)17-20-13-15-24(16-14-20)33(36)37/h1-18H,19H2,(H,31,35)(H,32,34)/b27-17+. The molecular weight excluding hydrogens is 505 g/mol. The lowest BCUT2D eigenvalue weighted by atomic mass is 10.1. The van der Waals surface area contributed by atoms with Crippen LogP contribution >= 0.6 is 11.8 Å². The summed E-state index contributed by atoms with van der Waals surface area (Å²) in [6.07, 6.45) is 1.44. The Balaban J connectivity index is 1.53. The van der Waals surface area contributed by atoms with Crippen LogP contribution in [0.25, 0.3) is 6.08 Å². The van der Waals surface area contributed by atoms with Gasteiger partial charge in [-0.25, -0.2) is 4.39 Å². The smallest absolute Gasteiger partial charge is 0.272 e. The maximum absolute atomic E-state index is 14.0. The molecule has 0 saturated heterocycles. The molecule has 9 heteroatoms. The minimum Gasteiger partial charge on any atom is -0.321 e. The molecule has 38 heavy (non-hydrogen) atoms. The normalized spacial score (nSPS) is 11.0. The zero-order valence-electron chi connectivity index (χ0n) is 20.0. The molecular formula is C29H22FN3O4S.